The van der Waals surface area contributed by atoms with Crippen LogP contribution in [-0.4, -0.2) is 125 Å². The zero-order valence-electron chi connectivity index (χ0n) is 16.7. The minimum atomic E-state index is -1.49. The van der Waals surface area contributed by atoms with Gasteiger partial charge >= 0.3 is 6.03 Å². The summed E-state index contributed by atoms with van der Waals surface area (Å²) in [5.74, 6) is 0. The molecule has 0 aromatic rings. The fourth-order valence-corrected chi connectivity index (χ4v) is 3.71. The van der Waals surface area contributed by atoms with Gasteiger partial charge in [0.15, 0.2) is 6.29 Å². The Kier molecular flexibility index (Phi) is 9.13. The third-order valence-corrected chi connectivity index (χ3v) is 5.40. The van der Waals surface area contributed by atoms with Gasteiger partial charge in [0, 0.05) is 19.7 Å². The van der Waals surface area contributed by atoms with Crippen LogP contribution in [-0.2, 0) is 14.2 Å². The molecule has 0 aromatic heterocycles. The molecule has 1 saturated carbocycles. The fraction of sp³-hybridized carbons (Fsp3) is 0.938. The third-order valence-electron chi connectivity index (χ3n) is 5.40. The zero-order valence-corrected chi connectivity index (χ0v) is 16.7. The molecule has 12 N–H and O–H groups in total. The van der Waals surface area contributed by atoms with Crippen molar-refractivity contribution in [1.29, 1.82) is 0 Å². The van der Waals surface area contributed by atoms with Gasteiger partial charge < -0.3 is 57.2 Å². The lowest BCUT2D eigenvalue weighted by Crippen LogP contribution is -2.68. The monoisotopic (exact) mass is 439 g/mol. The first kappa shape index (κ1) is 25.1. The molecule has 1 heterocycles. The summed E-state index contributed by atoms with van der Waals surface area (Å²) in [5.41, 5.74) is 17.1. The number of nitrogens with zero attached hydrogens (tertiary/aromatic N) is 1. The third kappa shape index (κ3) is 5.35. The molecule has 1 saturated heterocycles. The molecule has 0 bridgehead atoms. The zero-order chi connectivity index (χ0) is 22.6. The maximum absolute atomic E-state index is 12.2. The van der Waals surface area contributed by atoms with Gasteiger partial charge in [-0.15, -0.1) is 0 Å². The number of ether oxygens (including phenoxy) is 3. The van der Waals surface area contributed by atoms with Gasteiger partial charge in [-0.1, -0.05) is 0 Å². The molecule has 0 aromatic carbocycles. The predicted octanol–water partition coefficient (Wildman–Crippen LogP) is -5.03. The second kappa shape index (κ2) is 10.9. The Morgan fingerprint density at radius 1 is 1.20 bits per heavy atom. The summed E-state index contributed by atoms with van der Waals surface area (Å²) in [6.45, 7) is -0.693. The van der Waals surface area contributed by atoms with Crippen molar-refractivity contribution in [2.24, 2.45) is 17.2 Å². The van der Waals surface area contributed by atoms with E-state index in [2.05, 4.69) is 5.32 Å². The summed E-state index contributed by atoms with van der Waals surface area (Å²) in [6, 6.07) is -3.66. The Bertz CT molecular complexity index is 559. The van der Waals surface area contributed by atoms with Gasteiger partial charge in [-0.25, -0.2) is 9.86 Å². The molecule has 2 aliphatic rings. The molecule has 2 amide bonds. The number of rotatable bonds is 7. The van der Waals surface area contributed by atoms with E-state index in [4.69, 9.17) is 31.4 Å². The van der Waals surface area contributed by atoms with Gasteiger partial charge in [0.25, 0.3) is 0 Å². The lowest BCUT2D eigenvalue weighted by molar-refractivity contribution is -0.305. The molecule has 14 nitrogen and oxygen atoms in total. The molecule has 1 aliphatic carbocycles. The number of nitrogens with one attached hydrogen (secondary N) is 1. The van der Waals surface area contributed by atoms with Gasteiger partial charge in [0.05, 0.1) is 25.2 Å². The van der Waals surface area contributed by atoms with Crippen molar-refractivity contribution in [2.75, 3.05) is 26.8 Å². The van der Waals surface area contributed by atoms with Crippen molar-refractivity contribution >= 4 is 6.03 Å². The standard InChI is InChI=1S/C16H33N5O9/c1-28-13-6(18)4-7(20-16(26)21(27)3-2-17)14(12(13)25)30-15-11(24)9(19)10(23)8(5-22)29-15/h6-15,22-25,27H,2-5,17-19H2,1H3,(H,20,26)/t6-,7+,8+,9-,10+,11+,12-,13?,14-,15+/m0/s1. The summed E-state index contributed by atoms with van der Waals surface area (Å²) in [4.78, 5) is 12.2. The van der Waals surface area contributed by atoms with Gasteiger partial charge in [0.2, 0.25) is 0 Å². The van der Waals surface area contributed by atoms with Crippen molar-refractivity contribution in [2.45, 2.75) is 67.5 Å². The molecule has 2 rings (SSSR count). The number of hydrogen-bond acceptors (Lipinski definition) is 12. The van der Waals surface area contributed by atoms with E-state index in [1.54, 1.807) is 0 Å². The van der Waals surface area contributed by atoms with Crippen LogP contribution in [0.2, 0.25) is 0 Å². The average Bonchev–Trinajstić information content (AvgIpc) is 2.71. The van der Waals surface area contributed by atoms with Gasteiger partial charge in [-0.05, 0) is 6.42 Å². The van der Waals surface area contributed by atoms with E-state index in [1.807, 2.05) is 0 Å². The maximum atomic E-state index is 12.2. The lowest BCUT2D eigenvalue weighted by Gasteiger charge is -2.47. The van der Waals surface area contributed by atoms with Gasteiger partial charge in [-0.2, -0.15) is 0 Å². The number of aliphatic hydroxyl groups excluding tert-OH is 4. The second-order valence-electron chi connectivity index (χ2n) is 7.44. The van der Waals surface area contributed by atoms with Gasteiger partial charge in [0.1, 0.15) is 36.6 Å². The Hall–Kier alpha value is -1.17. The highest BCUT2D eigenvalue weighted by molar-refractivity contribution is 5.73. The number of carbonyl (C=O) groups is 1. The first-order chi connectivity index (χ1) is 14.2. The van der Waals surface area contributed by atoms with Crippen molar-refractivity contribution < 1.29 is 44.6 Å². The Morgan fingerprint density at radius 3 is 2.43 bits per heavy atom. The van der Waals surface area contributed by atoms with Crippen molar-refractivity contribution in [3.05, 3.63) is 0 Å². The summed E-state index contributed by atoms with van der Waals surface area (Å²) in [7, 11) is 1.35. The normalized spacial score (nSPS) is 42.0. The number of aliphatic hydroxyl groups is 4. The summed E-state index contributed by atoms with van der Waals surface area (Å²) in [5, 5.41) is 53.0. The first-order valence-electron chi connectivity index (χ1n) is 9.63. The number of amides is 2. The van der Waals surface area contributed by atoms with Crippen LogP contribution in [0.3, 0.4) is 0 Å². The van der Waals surface area contributed by atoms with Crippen molar-refractivity contribution in [3.8, 4) is 0 Å². The molecule has 2 fully saturated rings. The second-order valence-corrected chi connectivity index (χ2v) is 7.44. The van der Waals surface area contributed by atoms with E-state index in [0.717, 1.165) is 0 Å². The molecule has 30 heavy (non-hydrogen) atoms. The largest absolute Gasteiger partial charge is 0.394 e. The molecule has 0 radical (unpaired) electrons. The summed E-state index contributed by atoms with van der Waals surface area (Å²) >= 11 is 0. The molecule has 14 heteroatoms. The van der Waals surface area contributed by atoms with Crippen LogP contribution >= 0.6 is 0 Å². The van der Waals surface area contributed by atoms with Crippen LogP contribution in [0.5, 0.6) is 0 Å². The highest BCUT2D eigenvalue weighted by Crippen LogP contribution is 2.29. The number of nitrogens with two attached hydrogens (primary N) is 3. The average molecular weight is 439 g/mol. The molecule has 176 valence electrons. The first-order valence-corrected chi connectivity index (χ1v) is 9.63. The molecule has 1 unspecified atom stereocenters. The number of urea groups is 1. The number of hydroxylamine groups is 2. The Balaban J connectivity index is 2.20. The van der Waals surface area contributed by atoms with E-state index in [9.17, 15) is 30.4 Å². The highest BCUT2D eigenvalue weighted by Gasteiger charge is 2.49. The Morgan fingerprint density at radius 2 is 1.87 bits per heavy atom. The SMILES string of the molecule is COC1[C@@H](N)C[C@@H](NC(=O)N(O)CCN)[C@H](O[C@H]2O[C@H](CO)[C@@H](O)[C@H](N)[C@H]2O)[C@H]1O. The van der Waals surface area contributed by atoms with E-state index in [1.165, 1.54) is 7.11 Å². The molecular weight excluding hydrogens is 406 g/mol. The van der Waals surface area contributed by atoms with Crippen molar-refractivity contribution in [3.63, 3.8) is 0 Å². The quantitative estimate of drug-likeness (QED) is 0.134. The minimum absolute atomic E-state index is 0.0211. The smallest absolute Gasteiger partial charge is 0.341 e. The minimum Gasteiger partial charge on any atom is -0.394 e. The number of carbonyl (C=O) groups excluding carboxylic acids is 1. The van der Waals surface area contributed by atoms with Crippen LogP contribution in [0, 0.1) is 0 Å². The summed E-state index contributed by atoms with van der Waals surface area (Å²) < 4.78 is 16.4. The van der Waals surface area contributed by atoms with Gasteiger partial charge in [-0.3, -0.25) is 5.21 Å². The fourth-order valence-electron chi connectivity index (χ4n) is 3.71. The summed E-state index contributed by atoms with van der Waals surface area (Å²) in [6.07, 6.45) is -8.68. The van der Waals surface area contributed by atoms with E-state index in [0.29, 0.717) is 5.06 Å². The highest BCUT2D eigenvalue weighted by atomic mass is 16.7. The van der Waals surface area contributed by atoms with Crippen LogP contribution in [0.4, 0.5) is 4.79 Å². The number of hydrogen-bond donors (Lipinski definition) is 9. The molecule has 0 spiro atoms. The maximum Gasteiger partial charge on any atom is 0.341 e. The predicted molar refractivity (Wildman–Crippen MR) is 99.9 cm³/mol. The van der Waals surface area contributed by atoms with Crippen LogP contribution in [0.1, 0.15) is 6.42 Å². The van der Waals surface area contributed by atoms with Crippen LogP contribution in [0.15, 0.2) is 0 Å². The Labute approximate surface area is 173 Å². The molecule has 10 atom stereocenters. The number of methoxy groups -OCH3 is 1. The topological polar surface area (TPSA) is 239 Å². The van der Waals surface area contributed by atoms with E-state index in [-0.39, 0.29) is 19.5 Å². The van der Waals surface area contributed by atoms with Crippen LogP contribution < -0.4 is 22.5 Å². The van der Waals surface area contributed by atoms with Crippen molar-refractivity contribution in [1.82, 2.24) is 10.4 Å². The van der Waals surface area contributed by atoms with Crippen LogP contribution in [0.25, 0.3) is 0 Å². The molecule has 1 aliphatic heterocycles. The van der Waals surface area contributed by atoms with E-state index < -0.39 is 73.7 Å². The van der Waals surface area contributed by atoms with E-state index >= 15 is 0 Å². The molecular formula is C16H33N5O9. The lowest BCUT2D eigenvalue weighted by atomic mass is 9.84.